The Hall–Kier alpha value is -2.99. The number of sulfonamides is 1. The SMILES string of the molecule is Cc1ccc(S(=O)(=O)N2C(=O)c3ccc(F)cc3C2c2ccccc2)cc1. The van der Waals surface area contributed by atoms with Gasteiger partial charge in [0.05, 0.1) is 10.9 Å². The van der Waals surface area contributed by atoms with E-state index in [4.69, 9.17) is 0 Å². The second-order valence-electron chi connectivity index (χ2n) is 6.46. The maximum absolute atomic E-state index is 13.9. The zero-order valence-corrected chi connectivity index (χ0v) is 15.3. The molecule has 0 bridgehead atoms. The number of carbonyl (C=O) groups is 1. The van der Waals surface area contributed by atoms with E-state index >= 15 is 0 Å². The predicted octanol–water partition coefficient (Wildman–Crippen LogP) is 4.07. The zero-order chi connectivity index (χ0) is 19.2. The highest BCUT2D eigenvalue weighted by Crippen LogP contribution is 2.42. The number of benzene rings is 3. The molecule has 1 unspecified atom stereocenters. The van der Waals surface area contributed by atoms with Crippen LogP contribution in [0, 0.1) is 12.7 Å². The molecule has 136 valence electrons. The van der Waals surface area contributed by atoms with Crippen molar-refractivity contribution in [3.8, 4) is 0 Å². The second-order valence-corrected chi connectivity index (χ2v) is 8.28. The molecule has 0 N–H and O–H groups in total. The van der Waals surface area contributed by atoms with E-state index in [1.54, 1.807) is 42.5 Å². The summed E-state index contributed by atoms with van der Waals surface area (Å²) in [6, 6.07) is 17.9. The highest BCUT2D eigenvalue weighted by Gasteiger charge is 2.45. The molecule has 0 radical (unpaired) electrons. The van der Waals surface area contributed by atoms with Crippen molar-refractivity contribution >= 4 is 15.9 Å². The van der Waals surface area contributed by atoms with Crippen molar-refractivity contribution in [2.75, 3.05) is 0 Å². The Morgan fingerprint density at radius 2 is 1.59 bits per heavy atom. The van der Waals surface area contributed by atoms with Crippen molar-refractivity contribution in [2.24, 2.45) is 0 Å². The first-order valence-electron chi connectivity index (χ1n) is 8.39. The lowest BCUT2D eigenvalue weighted by Crippen LogP contribution is -2.35. The summed E-state index contributed by atoms with van der Waals surface area (Å²) in [7, 11) is -4.12. The number of hydrogen-bond donors (Lipinski definition) is 0. The minimum atomic E-state index is -4.12. The lowest BCUT2D eigenvalue weighted by atomic mass is 9.98. The number of nitrogens with zero attached hydrogens (tertiary/aromatic N) is 1. The molecule has 1 heterocycles. The Bertz CT molecular complexity index is 1130. The average molecular weight is 381 g/mol. The van der Waals surface area contributed by atoms with Crippen LogP contribution in [0.2, 0.25) is 0 Å². The molecule has 6 heteroatoms. The summed E-state index contributed by atoms with van der Waals surface area (Å²) in [5, 5.41) is 0. The van der Waals surface area contributed by atoms with Crippen LogP contribution in [-0.4, -0.2) is 18.6 Å². The molecular formula is C21H16FNO3S. The minimum Gasteiger partial charge on any atom is -0.268 e. The number of halogens is 1. The normalized spacial score (nSPS) is 16.4. The molecule has 0 spiro atoms. The highest BCUT2D eigenvalue weighted by molar-refractivity contribution is 7.89. The molecule has 1 aliphatic rings. The Morgan fingerprint density at radius 3 is 2.26 bits per heavy atom. The number of hydrogen-bond acceptors (Lipinski definition) is 3. The molecule has 4 rings (SSSR count). The van der Waals surface area contributed by atoms with Crippen molar-refractivity contribution in [3.05, 3.63) is 101 Å². The molecule has 3 aromatic carbocycles. The van der Waals surface area contributed by atoms with E-state index < -0.39 is 27.8 Å². The van der Waals surface area contributed by atoms with Gasteiger partial charge in [-0.3, -0.25) is 4.79 Å². The van der Waals surface area contributed by atoms with Gasteiger partial charge in [0.25, 0.3) is 15.9 Å². The summed E-state index contributed by atoms with van der Waals surface area (Å²) in [4.78, 5) is 13.0. The molecule has 1 amide bonds. The van der Waals surface area contributed by atoms with Gasteiger partial charge in [-0.05, 0) is 48.4 Å². The third kappa shape index (κ3) is 2.82. The van der Waals surface area contributed by atoms with E-state index in [9.17, 15) is 17.6 Å². The molecule has 0 saturated heterocycles. The quantitative estimate of drug-likeness (QED) is 0.687. The molecule has 0 aromatic heterocycles. The standard InChI is InChI=1S/C21H16FNO3S/c1-14-7-10-17(11-8-14)27(25,26)23-20(15-5-3-2-4-6-15)19-13-16(22)9-12-18(19)21(23)24/h2-13,20H,1H3. The molecule has 1 aliphatic heterocycles. The fourth-order valence-electron chi connectivity index (χ4n) is 3.34. The van der Waals surface area contributed by atoms with Crippen LogP contribution in [-0.2, 0) is 10.0 Å². The van der Waals surface area contributed by atoms with Crippen LogP contribution < -0.4 is 0 Å². The van der Waals surface area contributed by atoms with Gasteiger partial charge in [-0.25, -0.2) is 17.1 Å². The van der Waals surface area contributed by atoms with Crippen molar-refractivity contribution in [3.63, 3.8) is 0 Å². The van der Waals surface area contributed by atoms with E-state index in [1.165, 1.54) is 30.3 Å². The summed E-state index contributed by atoms with van der Waals surface area (Å²) in [5.41, 5.74) is 2.06. The topological polar surface area (TPSA) is 54.5 Å². The maximum Gasteiger partial charge on any atom is 0.268 e. The molecule has 27 heavy (non-hydrogen) atoms. The average Bonchev–Trinajstić information content (AvgIpc) is 2.95. The van der Waals surface area contributed by atoms with E-state index in [1.807, 2.05) is 6.92 Å². The Morgan fingerprint density at radius 1 is 0.926 bits per heavy atom. The van der Waals surface area contributed by atoms with Crippen LogP contribution in [0.25, 0.3) is 0 Å². The molecule has 0 saturated carbocycles. The highest BCUT2D eigenvalue weighted by atomic mass is 32.2. The lowest BCUT2D eigenvalue weighted by Gasteiger charge is -2.25. The van der Waals surface area contributed by atoms with Crippen LogP contribution in [0.3, 0.4) is 0 Å². The molecule has 0 fully saturated rings. The third-order valence-electron chi connectivity index (χ3n) is 4.67. The fourth-order valence-corrected chi connectivity index (χ4v) is 4.88. The molecule has 3 aromatic rings. The van der Waals surface area contributed by atoms with Crippen LogP contribution in [0.15, 0.2) is 77.7 Å². The first-order valence-corrected chi connectivity index (χ1v) is 9.83. The summed E-state index contributed by atoms with van der Waals surface area (Å²) in [5.74, 6) is -1.17. The van der Waals surface area contributed by atoms with Gasteiger partial charge in [0, 0.05) is 5.56 Å². The fraction of sp³-hybridized carbons (Fsp3) is 0.0952. The summed E-state index contributed by atoms with van der Waals surface area (Å²) < 4.78 is 41.4. The van der Waals surface area contributed by atoms with E-state index in [0.717, 1.165) is 9.87 Å². The number of fused-ring (bicyclic) bond motifs is 1. The van der Waals surface area contributed by atoms with Crippen molar-refractivity contribution in [1.29, 1.82) is 0 Å². The van der Waals surface area contributed by atoms with Crippen LogP contribution in [0.5, 0.6) is 0 Å². The van der Waals surface area contributed by atoms with Gasteiger partial charge in [-0.15, -0.1) is 0 Å². The van der Waals surface area contributed by atoms with Gasteiger partial charge in [0.2, 0.25) is 0 Å². The van der Waals surface area contributed by atoms with Gasteiger partial charge in [-0.1, -0.05) is 48.0 Å². The molecule has 4 nitrogen and oxygen atoms in total. The predicted molar refractivity (Wildman–Crippen MR) is 99.2 cm³/mol. The molecular weight excluding hydrogens is 365 g/mol. The maximum atomic E-state index is 13.9. The van der Waals surface area contributed by atoms with Crippen molar-refractivity contribution in [1.82, 2.24) is 4.31 Å². The van der Waals surface area contributed by atoms with E-state index in [0.29, 0.717) is 11.1 Å². The minimum absolute atomic E-state index is 0.0238. The van der Waals surface area contributed by atoms with Crippen LogP contribution in [0.4, 0.5) is 4.39 Å². The lowest BCUT2D eigenvalue weighted by molar-refractivity contribution is 0.0865. The van der Waals surface area contributed by atoms with Gasteiger partial charge in [0.1, 0.15) is 5.82 Å². The van der Waals surface area contributed by atoms with Gasteiger partial charge < -0.3 is 0 Å². The number of aryl methyl sites for hydroxylation is 1. The summed E-state index contributed by atoms with van der Waals surface area (Å²) in [6.45, 7) is 1.85. The van der Waals surface area contributed by atoms with Gasteiger partial charge in [-0.2, -0.15) is 0 Å². The van der Waals surface area contributed by atoms with Crippen molar-refractivity contribution < 1.29 is 17.6 Å². The largest absolute Gasteiger partial charge is 0.268 e. The Labute approximate surface area is 156 Å². The van der Waals surface area contributed by atoms with E-state index in [-0.39, 0.29) is 10.5 Å². The van der Waals surface area contributed by atoms with Crippen LogP contribution >= 0.6 is 0 Å². The number of amides is 1. The molecule has 0 aliphatic carbocycles. The zero-order valence-electron chi connectivity index (χ0n) is 14.5. The first kappa shape index (κ1) is 17.4. The second kappa shape index (κ2) is 6.32. The monoisotopic (exact) mass is 381 g/mol. The van der Waals surface area contributed by atoms with E-state index in [2.05, 4.69) is 0 Å². The number of carbonyl (C=O) groups excluding carboxylic acids is 1. The van der Waals surface area contributed by atoms with Gasteiger partial charge in [0.15, 0.2) is 0 Å². The molecule has 1 atom stereocenters. The van der Waals surface area contributed by atoms with Gasteiger partial charge >= 0.3 is 0 Å². The van der Waals surface area contributed by atoms with Crippen molar-refractivity contribution in [2.45, 2.75) is 17.9 Å². The Balaban J connectivity index is 1.93. The smallest absolute Gasteiger partial charge is 0.268 e. The first-order chi connectivity index (χ1) is 12.9. The number of rotatable bonds is 3. The Kier molecular flexibility index (Phi) is 4.08. The summed E-state index contributed by atoms with van der Waals surface area (Å²) >= 11 is 0. The summed E-state index contributed by atoms with van der Waals surface area (Å²) in [6.07, 6.45) is 0. The van der Waals surface area contributed by atoms with Crippen LogP contribution in [0.1, 0.15) is 33.1 Å². The third-order valence-corrected chi connectivity index (χ3v) is 6.43.